The molecule has 0 aromatic rings. The van der Waals surface area contributed by atoms with Gasteiger partial charge < -0.3 is 9.66 Å². The van der Waals surface area contributed by atoms with E-state index in [0.29, 0.717) is 60.6 Å². The summed E-state index contributed by atoms with van der Waals surface area (Å²) >= 11 is 0. The Bertz CT molecular complexity index is 859. The molecule has 4 aliphatic carbocycles. The zero-order chi connectivity index (χ0) is 24.3. The van der Waals surface area contributed by atoms with E-state index >= 15 is 0 Å². The third-order valence-electron chi connectivity index (χ3n) is 11.3. The molecule has 0 aliphatic heterocycles. The van der Waals surface area contributed by atoms with Crippen molar-refractivity contribution in [3.8, 4) is 0 Å². The summed E-state index contributed by atoms with van der Waals surface area (Å²) in [6.45, 7) is 10.7. The van der Waals surface area contributed by atoms with Crippen LogP contribution in [0.25, 0.3) is 0 Å². The van der Waals surface area contributed by atoms with E-state index in [9.17, 15) is 22.9 Å². The number of carbonyl (C=O) groups excluding carboxylic acids is 1. The maximum Gasteiger partial charge on any atom is 1.00 e. The first-order chi connectivity index (χ1) is 15.3. The van der Waals surface area contributed by atoms with Crippen molar-refractivity contribution in [1.29, 1.82) is 0 Å². The van der Waals surface area contributed by atoms with Gasteiger partial charge in [-0.25, -0.2) is 8.42 Å². The first-order valence-electron chi connectivity index (χ1n) is 13.4. The Balaban J connectivity index is 0.00000324. The second-order valence-corrected chi connectivity index (χ2v) is 14.7. The maximum atomic E-state index is 12.2. The maximum absolute atomic E-state index is 12.2. The van der Waals surface area contributed by atoms with Crippen LogP contribution in [0, 0.1) is 52.3 Å². The van der Waals surface area contributed by atoms with E-state index in [0.717, 1.165) is 44.9 Å². The van der Waals surface area contributed by atoms with Crippen molar-refractivity contribution in [2.24, 2.45) is 52.3 Å². The second-order valence-electron chi connectivity index (χ2n) is 13.1. The fourth-order valence-electron chi connectivity index (χ4n) is 9.43. The van der Waals surface area contributed by atoms with Gasteiger partial charge in [0.2, 0.25) is 0 Å². The van der Waals surface area contributed by atoms with Crippen LogP contribution in [0.2, 0.25) is 0 Å². The van der Waals surface area contributed by atoms with Gasteiger partial charge in [-0.1, -0.05) is 34.6 Å². The molecular weight excluding hydrogens is 475 g/mol. The molecule has 4 aliphatic rings. The molecule has 0 bridgehead atoms. The summed E-state index contributed by atoms with van der Waals surface area (Å²) in [5.74, 6) is 2.75. The minimum Gasteiger partial charge on any atom is -0.748 e. The first-order valence-corrected chi connectivity index (χ1v) is 14.9. The molecule has 4 saturated carbocycles. The summed E-state index contributed by atoms with van der Waals surface area (Å²) < 4.78 is 35.3. The smallest absolute Gasteiger partial charge is 0.748 e. The average Bonchev–Trinajstić information content (AvgIpc) is 3.05. The van der Waals surface area contributed by atoms with Crippen molar-refractivity contribution in [2.45, 2.75) is 110 Å². The Morgan fingerprint density at radius 2 is 1.68 bits per heavy atom. The largest absolute Gasteiger partial charge is 1.00 e. The number of fused-ring (bicyclic) bond motifs is 5. The molecule has 190 valence electrons. The van der Waals surface area contributed by atoms with Crippen LogP contribution >= 0.6 is 0 Å². The SMILES string of the molecule is CC(C)[C@@H](CC[C@@H](C)C1CCC2C3C(CC[C@@]21C)[C@@]1(C)CCC(=O)C[C@H]1C[C@@H]3O)S(=O)(=O)[O-].[K+]. The number of Topliss-reactive ketones (excluding diaryl/α,β-unsaturated/α-hetero) is 1. The molecule has 0 aromatic carbocycles. The summed E-state index contributed by atoms with van der Waals surface area (Å²) in [6.07, 6.45) is 8.57. The van der Waals surface area contributed by atoms with E-state index in [-0.39, 0.29) is 74.2 Å². The van der Waals surface area contributed by atoms with Gasteiger partial charge in [0.1, 0.15) is 5.78 Å². The van der Waals surface area contributed by atoms with E-state index < -0.39 is 15.4 Å². The van der Waals surface area contributed by atoms with Gasteiger partial charge in [-0.15, -0.1) is 0 Å². The molecule has 0 amide bonds. The van der Waals surface area contributed by atoms with Crippen molar-refractivity contribution in [2.75, 3.05) is 0 Å². The predicted molar refractivity (Wildman–Crippen MR) is 128 cm³/mol. The number of hydrogen-bond donors (Lipinski definition) is 1. The minimum absolute atomic E-state index is 0. The quantitative estimate of drug-likeness (QED) is 0.428. The molecule has 0 spiro atoms. The van der Waals surface area contributed by atoms with E-state index in [1.807, 2.05) is 13.8 Å². The van der Waals surface area contributed by atoms with E-state index in [4.69, 9.17) is 0 Å². The zero-order valence-electron chi connectivity index (χ0n) is 22.3. The zero-order valence-corrected chi connectivity index (χ0v) is 26.2. The van der Waals surface area contributed by atoms with Crippen molar-refractivity contribution in [1.82, 2.24) is 0 Å². The normalized spacial score (nSPS) is 43.9. The van der Waals surface area contributed by atoms with Gasteiger partial charge in [-0.2, -0.15) is 0 Å². The second kappa shape index (κ2) is 10.7. The van der Waals surface area contributed by atoms with Crippen molar-refractivity contribution < 1.29 is 74.3 Å². The molecule has 0 aromatic heterocycles. The van der Waals surface area contributed by atoms with Crippen molar-refractivity contribution in [3.05, 3.63) is 0 Å². The Morgan fingerprint density at radius 3 is 2.29 bits per heavy atom. The van der Waals surface area contributed by atoms with Crippen LogP contribution < -0.4 is 51.4 Å². The minimum atomic E-state index is -4.27. The molecule has 0 radical (unpaired) electrons. The topological polar surface area (TPSA) is 94.5 Å². The molecule has 7 heteroatoms. The Morgan fingerprint density at radius 1 is 1.03 bits per heavy atom. The molecule has 34 heavy (non-hydrogen) atoms. The first kappa shape index (κ1) is 29.7. The van der Waals surface area contributed by atoms with E-state index in [2.05, 4.69) is 20.8 Å². The van der Waals surface area contributed by atoms with Gasteiger partial charge >= 0.3 is 51.4 Å². The number of aliphatic hydroxyl groups is 1. The summed E-state index contributed by atoms with van der Waals surface area (Å²) in [5, 5.41) is 10.5. The number of carbonyl (C=O) groups is 1. The van der Waals surface area contributed by atoms with Gasteiger partial charge in [-0.3, -0.25) is 4.79 Å². The number of hydrogen-bond acceptors (Lipinski definition) is 5. The number of rotatable bonds is 6. The van der Waals surface area contributed by atoms with Gasteiger partial charge in [0.05, 0.1) is 21.5 Å². The summed E-state index contributed by atoms with van der Waals surface area (Å²) in [6, 6.07) is 0. The predicted octanol–water partition coefficient (Wildman–Crippen LogP) is 2.18. The average molecular weight is 521 g/mol. The van der Waals surface area contributed by atoms with Crippen LogP contribution in [0.5, 0.6) is 0 Å². The molecule has 4 fully saturated rings. The van der Waals surface area contributed by atoms with Crippen LogP contribution in [-0.4, -0.2) is 35.2 Å². The standard InChI is InChI=1S/C27H46O5S.K/c1-16(2)24(33(30,31)32)9-6-17(3)20-7-8-21-25-22(11-13-27(20,21)5)26(4)12-10-19(28)14-18(26)15-23(25)29;/h16-18,20-25,29H,6-15H2,1-5H3,(H,30,31,32);/q;+1/p-1/t17-,18+,20?,21?,22?,23+,24-,25?,26+,27-;/m1./s1. The Hall–Kier alpha value is 1.18. The molecule has 5 nitrogen and oxygen atoms in total. The van der Waals surface area contributed by atoms with Gasteiger partial charge in [0, 0.05) is 12.8 Å². The molecule has 1 N–H and O–H groups in total. The monoisotopic (exact) mass is 520 g/mol. The van der Waals surface area contributed by atoms with Crippen molar-refractivity contribution >= 4 is 15.9 Å². The van der Waals surface area contributed by atoms with Crippen LogP contribution in [0.1, 0.15) is 98.8 Å². The van der Waals surface area contributed by atoms with E-state index in [1.165, 1.54) is 0 Å². The summed E-state index contributed by atoms with van der Waals surface area (Å²) in [7, 11) is -4.27. The fraction of sp³-hybridized carbons (Fsp3) is 0.963. The fourth-order valence-corrected chi connectivity index (χ4v) is 10.5. The van der Waals surface area contributed by atoms with Gasteiger partial charge in [0.15, 0.2) is 0 Å². The van der Waals surface area contributed by atoms with Gasteiger partial charge in [0.25, 0.3) is 0 Å². The number of aliphatic hydroxyl groups excluding tert-OH is 1. The molecule has 0 saturated heterocycles. The van der Waals surface area contributed by atoms with Crippen LogP contribution in [0.4, 0.5) is 0 Å². The van der Waals surface area contributed by atoms with Crippen molar-refractivity contribution in [3.63, 3.8) is 0 Å². The Kier molecular flexibility index (Phi) is 9.39. The molecule has 4 rings (SSSR count). The third kappa shape index (κ3) is 5.21. The van der Waals surface area contributed by atoms with Crippen LogP contribution in [-0.2, 0) is 14.9 Å². The van der Waals surface area contributed by atoms with Crippen LogP contribution in [0.3, 0.4) is 0 Å². The van der Waals surface area contributed by atoms with E-state index in [1.54, 1.807) is 0 Å². The number of ketones is 1. The van der Waals surface area contributed by atoms with Crippen LogP contribution in [0.15, 0.2) is 0 Å². The molecule has 10 atom stereocenters. The molecule has 0 heterocycles. The molecular formula is C27H45KO5S. The summed E-state index contributed by atoms with van der Waals surface area (Å²) in [5.41, 5.74) is 0.342. The summed E-state index contributed by atoms with van der Waals surface area (Å²) in [4.78, 5) is 12.2. The van der Waals surface area contributed by atoms with Gasteiger partial charge in [-0.05, 0) is 104 Å². The Labute approximate surface area is 250 Å². The third-order valence-corrected chi connectivity index (χ3v) is 12.8. The molecule has 4 unspecified atom stereocenters.